The zero-order valence-electron chi connectivity index (χ0n) is 6.26. The van der Waals surface area contributed by atoms with Gasteiger partial charge in [-0.2, -0.15) is 0 Å². The molecule has 0 radical (unpaired) electrons. The van der Waals surface area contributed by atoms with Crippen molar-refractivity contribution >= 4 is 16.6 Å². The summed E-state index contributed by atoms with van der Waals surface area (Å²) in [4.78, 5) is 8.56. The van der Waals surface area contributed by atoms with Crippen molar-refractivity contribution in [3.63, 3.8) is 0 Å². The molecule has 0 atom stereocenters. The molecule has 0 aromatic carbocycles. The first-order valence-electron chi connectivity index (χ1n) is 1.33. The summed E-state index contributed by atoms with van der Waals surface area (Å²) in [7, 11) is -4.92. The summed E-state index contributed by atoms with van der Waals surface area (Å²) in [6.45, 7) is 0. The Balaban J connectivity index is -0.0000000221. The van der Waals surface area contributed by atoms with Crippen LogP contribution in [0, 0.1) is 0 Å². The van der Waals surface area contributed by atoms with Crippen molar-refractivity contribution in [2.45, 2.75) is 0 Å². The fourth-order valence-corrected chi connectivity index (χ4v) is 0. The third kappa shape index (κ3) is 346. The maximum Gasteiger partial charge on any atom is 1.00 e. The van der Waals surface area contributed by atoms with Gasteiger partial charge in [-0.1, -0.05) is 0 Å². The van der Waals surface area contributed by atoms with Gasteiger partial charge in [-0.05, 0) is 0 Å². The van der Waals surface area contributed by atoms with E-state index in [2.05, 4.69) is 0 Å². The Labute approximate surface area is 140 Å². The second-order valence-electron chi connectivity index (χ2n) is 0.710. The van der Waals surface area contributed by atoms with E-state index in [1.807, 2.05) is 0 Å². The molecule has 0 aromatic heterocycles. The third-order valence-electron chi connectivity index (χ3n) is 0. The predicted octanol–water partition coefficient (Wildman–Crippen LogP) is -9.76. The molecule has 0 aliphatic carbocycles. The van der Waals surface area contributed by atoms with Gasteiger partial charge in [0.25, 0.3) is 0 Å². The molecule has 12 heavy (non-hydrogen) atoms. The maximum absolute atomic E-state index is 8.63. The summed E-state index contributed by atoms with van der Waals surface area (Å²) in [5, 5.41) is 13.9. The van der Waals surface area contributed by atoms with Crippen molar-refractivity contribution in [2.24, 2.45) is 0 Å². The van der Waals surface area contributed by atoms with Gasteiger partial charge in [-0.3, -0.25) is 4.55 Å². The van der Waals surface area contributed by atoms with Gasteiger partial charge in [0.15, 0.2) is 0 Å². The Hall–Kier alpha value is 2.07. The number of carbonyl (C=O) groups is 1. The van der Waals surface area contributed by atoms with Crippen LogP contribution in [0.4, 0.5) is 4.79 Å². The Bertz CT molecular complexity index is 166. The van der Waals surface area contributed by atoms with Crippen LogP contribution in [0.15, 0.2) is 0 Å². The first-order chi connectivity index (χ1) is 3.73. The van der Waals surface area contributed by atoms with Crippen molar-refractivity contribution in [1.29, 1.82) is 0 Å². The minimum Gasteiger partial charge on any atom is -1.00 e. The molecule has 0 bridgehead atoms. The first-order valence-corrected chi connectivity index (χ1v) is 2.70. The minimum atomic E-state index is -4.92. The fourth-order valence-electron chi connectivity index (χ4n) is 0. The normalized spacial score (nSPS) is 6.83. The molecule has 0 fully saturated rings. The molecule has 3 N–H and O–H groups in total. The van der Waals surface area contributed by atoms with E-state index in [0.29, 0.717) is 0 Å². The predicted molar refractivity (Wildman–Crippen MR) is 23.0 cm³/mol. The Kier molecular flexibility index (Phi) is 37.8. The van der Waals surface area contributed by atoms with E-state index in [-0.39, 0.29) is 93.3 Å². The van der Waals surface area contributed by atoms with Crippen LogP contribution in [-0.4, -0.2) is 33.9 Å². The fraction of sp³-hybridized carbons (Fsp3) is 0. The van der Waals surface area contributed by atoms with Gasteiger partial charge < -0.3 is 27.2 Å². The van der Waals surface area contributed by atoms with Crippen molar-refractivity contribution in [2.75, 3.05) is 0 Å². The van der Waals surface area contributed by atoms with Gasteiger partial charge in [0.1, 0.15) is 0 Å². The molecule has 0 amide bonds. The van der Waals surface area contributed by atoms with Crippen LogP contribution in [0.2, 0.25) is 0 Å². The summed E-state index contributed by atoms with van der Waals surface area (Å²) in [5.41, 5.74) is 0. The number of hydrogen-bond donors (Lipinski definition) is 3. The first kappa shape index (κ1) is 29.2. The van der Waals surface area contributed by atoms with Crippen LogP contribution in [0.25, 0.3) is 0 Å². The van der Waals surface area contributed by atoms with Crippen molar-refractivity contribution in [1.82, 2.24) is 0 Å². The average molecular weight is 257 g/mol. The molecule has 0 aliphatic heterocycles. The van der Waals surface area contributed by atoms with E-state index in [1.165, 1.54) is 0 Å². The largest absolute Gasteiger partial charge is 1.00 e. The van der Waals surface area contributed by atoms with Gasteiger partial charge in [-0.15, -0.1) is 0 Å². The van der Waals surface area contributed by atoms with Crippen LogP contribution in [-0.2, 0) is 10.4 Å². The standard InChI is InChI=1S/CH2O3.ClH.K.Na.H2O4S/c2-1(3)4;;;;1-5(2,3)4/h(H2,2,3,4);1H;;;(H2,1,2,3,4)/q;;2*+1;/p-2. The van der Waals surface area contributed by atoms with Gasteiger partial charge in [0.2, 0.25) is 10.4 Å². The van der Waals surface area contributed by atoms with E-state index in [1.54, 1.807) is 0 Å². The van der Waals surface area contributed by atoms with E-state index in [4.69, 9.17) is 32.5 Å². The zero-order chi connectivity index (χ0) is 8.08. The van der Waals surface area contributed by atoms with Crippen molar-refractivity contribution in [3.8, 4) is 0 Å². The van der Waals surface area contributed by atoms with Gasteiger partial charge in [-0.25, -0.2) is 13.2 Å². The molecule has 0 saturated heterocycles. The summed E-state index contributed by atoms with van der Waals surface area (Å²) in [6, 6.07) is 0. The molecule has 0 unspecified atom stereocenters. The Morgan fingerprint density at radius 3 is 1.25 bits per heavy atom. The van der Waals surface area contributed by atoms with Crippen LogP contribution in [0.5, 0.6) is 0 Å². The monoisotopic (exact) mass is 256 g/mol. The number of rotatable bonds is 0. The number of halogens is 1. The third-order valence-corrected chi connectivity index (χ3v) is 0. The van der Waals surface area contributed by atoms with E-state index >= 15 is 0 Å². The van der Waals surface area contributed by atoms with Gasteiger partial charge >= 0.3 is 87.1 Å². The Morgan fingerprint density at radius 2 is 1.25 bits per heavy atom. The molecule has 0 spiro atoms. The Morgan fingerprint density at radius 1 is 1.25 bits per heavy atom. The molecule has 0 aliphatic rings. The summed E-state index contributed by atoms with van der Waals surface area (Å²) >= 11 is 0. The van der Waals surface area contributed by atoms with Gasteiger partial charge in [0.05, 0.1) is 0 Å². The van der Waals surface area contributed by atoms with Crippen LogP contribution in [0.3, 0.4) is 0 Å². The molecule has 64 valence electrons. The molecule has 0 saturated carbocycles. The number of hydrogen-bond acceptors (Lipinski definition) is 4. The summed E-state index contributed by atoms with van der Waals surface area (Å²) in [5.74, 6) is 0. The quantitative estimate of drug-likeness (QED) is 0.222. The topological polar surface area (TPSA) is 135 Å². The molecule has 7 nitrogen and oxygen atoms in total. The minimum absolute atomic E-state index is 0. The molecule has 0 aromatic rings. The smallest absolute Gasteiger partial charge is 1.00 e. The maximum atomic E-state index is 8.63. The summed E-state index contributed by atoms with van der Waals surface area (Å²) in [6.07, 6.45) is -1.83. The van der Waals surface area contributed by atoms with Gasteiger partial charge in [0, 0.05) is 0 Å². The SMILES string of the molecule is O=C(O)O.O=S(=O)([O-])O.[Cl-].[K+].[Na+]. The van der Waals surface area contributed by atoms with Crippen LogP contribution in [0.1, 0.15) is 0 Å². The average Bonchev–Trinajstić information content (AvgIpc) is 1.19. The molecule has 0 rings (SSSR count). The second-order valence-corrected chi connectivity index (χ2v) is 1.57. The van der Waals surface area contributed by atoms with E-state index in [9.17, 15) is 0 Å². The van der Waals surface area contributed by atoms with Crippen LogP contribution < -0.4 is 93.3 Å². The van der Waals surface area contributed by atoms with Crippen molar-refractivity contribution < 1.29 is 126 Å². The molecular formula is CH3ClKNaO7S. The molecule has 11 heteroatoms. The van der Waals surface area contributed by atoms with E-state index in [0.717, 1.165) is 0 Å². The molecule has 0 heterocycles. The van der Waals surface area contributed by atoms with Crippen molar-refractivity contribution in [3.05, 3.63) is 0 Å². The zero-order valence-corrected chi connectivity index (χ0v) is 13.0. The van der Waals surface area contributed by atoms with E-state index < -0.39 is 16.6 Å². The second kappa shape index (κ2) is 15.5. The number of carboxylic acid groups (broad SMARTS) is 2. The van der Waals surface area contributed by atoms with Crippen LogP contribution >= 0.6 is 0 Å². The molecular weight excluding hydrogens is 254 g/mol. The summed E-state index contributed by atoms with van der Waals surface area (Å²) < 4.78 is 32.8.